The molecule has 0 saturated carbocycles. The van der Waals surface area contributed by atoms with E-state index in [1.807, 2.05) is 0 Å². The number of benzene rings is 8. The lowest BCUT2D eigenvalue weighted by Gasteiger charge is -2.33. The van der Waals surface area contributed by atoms with Gasteiger partial charge >= 0.3 is 0 Å². The molecule has 8 aromatic rings. The Hall–Kier alpha value is -7.07. The molecule has 0 aromatic heterocycles. The predicted octanol–water partition coefficient (Wildman–Crippen LogP) is 21.5. The molecule has 1 aliphatic carbocycles. The lowest BCUT2D eigenvalue weighted by molar-refractivity contribution is 0.104. The SMILES string of the molecule is CCCCCCOc1ccc2c(c1)Sc1cc(OCCCCC)ccc1N2c1ccc(-c2ccc3c(c2)C(=O)c2cc(-c4ccc(N5c6ccc(OCCCCCC)cc6Sc6cc(OCCCCCC)ccc65)cc4)ccc2-3)cc1. The Morgan fingerprint density at radius 1 is 0.309 bits per heavy atom. The summed E-state index contributed by atoms with van der Waals surface area (Å²) in [6.45, 7) is 11.8. The van der Waals surface area contributed by atoms with Gasteiger partial charge in [-0.25, -0.2) is 0 Å². The maximum absolute atomic E-state index is 14.5. The Labute approximate surface area is 489 Å². The third-order valence-electron chi connectivity index (χ3n) is 15.7. The Kier molecular flexibility index (Phi) is 18.4. The quantitative estimate of drug-likeness (QED) is 0.0469. The van der Waals surface area contributed by atoms with Crippen molar-refractivity contribution < 1.29 is 23.7 Å². The third-order valence-corrected chi connectivity index (χ3v) is 17.9. The molecule has 3 aliphatic rings. The standard InChI is InChI=1S/C72H76N2O5S2/c1-5-9-13-17-41-77-57-31-37-65-69(47-57)80-68-46-56(76-40-16-12-8-4)30-36-64(68)73(65)54-26-20-50(21-27-54)52-24-34-60-61-35-25-53(45-63(61)72(75)62(60)44-52)51-22-28-55(29-23-51)74-66-38-32-58(78-42-18-14-10-6-2)48-70(66)81-71-49-59(33-39-67(71)74)79-43-19-15-11-7-3/h20-39,44-49H,5-19,40-43H2,1-4H3. The van der Waals surface area contributed by atoms with Crippen molar-refractivity contribution in [2.24, 2.45) is 0 Å². The van der Waals surface area contributed by atoms with E-state index in [1.165, 1.54) is 57.8 Å². The molecular formula is C72H76N2O5S2. The van der Waals surface area contributed by atoms with Crippen LogP contribution in [0.5, 0.6) is 23.0 Å². The van der Waals surface area contributed by atoms with Gasteiger partial charge in [-0.05, 0) is 168 Å². The van der Waals surface area contributed by atoms with Crippen LogP contribution in [0.1, 0.15) is 140 Å². The summed E-state index contributed by atoms with van der Waals surface area (Å²) in [6, 6.07) is 56.1. The van der Waals surface area contributed by atoms with E-state index < -0.39 is 0 Å². The lowest BCUT2D eigenvalue weighted by Crippen LogP contribution is -2.15. The maximum Gasteiger partial charge on any atom is 0.194 e. The van der Waals surface area contributed by atoms with Crippen molar-refractivity contribution in [1.82, 2.24) is 0 Å². The van der Waals surface area contributed by atoms with Crippen molar-refractivity contribution in [3.8, 4) is 56.4 Å². The number of ketones is 1. The molecule has 7 nitrogen and oxygen atoms in total. The van der Waals surface area contributed by atoms with Crippen molar-refractivity contribution in [2.75, 3.05) is 36.2 Å². The first kappa shape index (κ1) is 55.8. The number of rotatable bonds is 27. The van der Waals surface area contributed by atoms with Gasteiger partial charge in [0.1, 0.15) is 23.0 Å². The normalized spacial score (nSPS) is 12.8. The fraction of sp³-hybridized carbons (Fsp3) is 0.319. The molecule has 81 heavy (non-hydrogen) atoms. The highest BCUT2D eigenvalue weighted by Gasteiger charge is 2.30. The molecule has 416 valence electrons. The van der Waals surface area contributed by atoms with Gasteiger partial charge in [0.15, 0.2) is 5.78 Å². The summed E-state index contributed by atoms with van der Waals surface area (Å²) < 4.78 is 25.1. The summed E-state index contributed by atoms with van der Waals surface area (Å²) in [4.78, 5) is 23.8. The highest BCUT2D eigenvalue weighted by atomic mass is 32.2. The Morgan fingerprint density at radius 2 is 0.605 bits per heavy atom. The van der Waals surface area contributed by atoms with Crippen LogP contribution in [0.3, 0.4) is 0 Å². The van der Waals surface area contributed by atoms with Gasteiger partial charge in [-0.15, -0.1) is 0 Å². The molecule has 0 radical (unpaired) electrons. The molecule has 2 heterocycles. The zero-order valence-corrected chi connectivity index (χ0v) is 49.3. The monoisotopic (exact) mass is 1110 g/mol. The maximum atomic E-state index is 14.5. The first-order valence-electron chi connectivity index (χ1n) is 30.0. The van der Waals surface area contributed by atoms with E-state index in [4.69, 9.17) is 18.9 Å². The lowest BCUT2D eigenvalue weighted by atomic mass is 9.98. The summed E-state index contributed by atoms with van der Waals surface area (Å²) in [5, 5.41) is 0. The van der Waals surface area contributed by atoms with Gasteiger partial charge < -0.3 is 28.7 Å². The summed E-state index contributed by atoms with van der Waals surface area (Å²) in [7, 11) is 0. The molecule has 0 saturated heterocycles. The molecule has 0 N–H and O–H groups in total. The topological polar surface area (TPSA) is 60.5 Å². The van der Waals surface area contributed by atoms with Crippen LogP contribution in [-0.4, -0.2) is 32.2 Å². The minimum absolute atomic E-state index is 0.0571. The molecule has 8 aromatic carbocycles. The third kappa shape index (κ3) is 12.7. The Bertz CT molecular complexity index is 3400. The average Bonchev–Trinajstić information content (AvgIpc) is 3.85. The molecular weight excluding hydrogens is 1040 g/mol. The van der Waals surface area contributed by atoms with Crippen LogP contribution in [0.15, 0.2) is 177 Å². The van der Waals surface area contributed by atoms with Crippen LogP contribution < -0.4 is 28.7 Å². The van der Waals surface area contributed by atoms with Crippen LogP contribution in [0, 0.1) is 0 Å². The van der Waals surface area contributed by atoms with Crippen molar-refractivity contribution in [3.63, 3.8) is 0 Å². The number of unbranched alkanes of at least 4 members (excludes halogenated alkanes) is 11. The van der Waals surface area contributed by atoms with Crippen molar-refractivity contribution in [3.05, 3.63) is 169 Å². The van der Waals surface area contributed by atoms with E-state index in [-0.39, 0.29) is 5.78 Å². The van der Waals surface area contributed by atoms with Gasteiger partial charge in [0.2, 0.25) is 0 Å². The summed E-state index contributed by atoms with van der Waals surface area (Å²) in [5.74, 6) is 3.65. The second-order valence-electron chi connectivity index (χ2n) is 21.6. The Morgan fingerprint density at radius 3 is 0.926 bits per heavy atom. The fourth-order valence-corrected chi connectivity index (χ4v) is 13.4. The minimum Gasteiger partial charge on any atom is -0.494 e. The van der Waals surface area contributed by atoms with Gasteiger partial charge in [-0.1, -0.05) is 170 Å². The van der Waals surface area contributed by atoms with Crippen LogP contribution in [0.4, 0.5) is 34.1 Å². The molecule has 9 heteroatoms. The van der Waals surface area contributed by atoms with Gasteiger partial charge in [0.25, 0.3) is 0 Å². The van der Waals surface area contributed by atoms with Crippen LogP contribution >= 0.6 is 23.5 Å². The van der Waals surface area contributed by atoms with E-state index in [9.17, 15) is 4.79 Å². The van der Waals surface area contributed by atoms with Gasteiger partial charge in [-0.2, -0.15) is 0 Å². The van der Waals surface area contributed by atoms with E-state index in [0.29, 0.717) is 6.61 Å². The van der Waals surface area contributed by atoms with Crippen LogP contribution in [0.25, 0.3) is 33.4 Å². The number of hydrogen-bond acceptors (Lipinski definition) is 9. The number of carbonyl (C=O) groups is 1. The molecule has 2 aliphatic heterocycles. The molecule has 0 fully saturated rings. The Balaban J connectivity index is 0.817. The number of fused-ring (bicyclic) bond motifs is 7. The first-order valence-corrected chi connectivity index (χ1v) is 31.6. The van der Waals surface area contributed by atoms with E-state index in [1.54, 1.807) is 23.5 Å². The van der Waals surface area contributed by atoms with Crippen LogP contribution in [0.2, 0.25) is 0 Å². The number of ether oxygens (including phenoxy) is 4. The molecule has 0 atom stereocenters. The summed E-state index contributed by atoms with van der Waals surface area (Å²) in [6.07, 6.45) is 17.4. The van der Waals surface area contributed by atoms with Crippen molar-refractivity contribution in [2.45, 2.75) is 144 Å². The van der Waals surface area contributed by atoms with E-state index in [2.05, 4.69) is 195 Å². The molecule has 0 amide bonds. The number of hydrogen-bond donors (Lipinski definition) is 0. The average molecular weight is 1110 g/mol. The minimum atomic E-state index is 0.0571. The van der Waals surface area contributed by atoms with E-state index in [0.717, 1.165) is 180 Å². The smallest absolute Gasteiger partial charge is 0.194 e. The highest BCUT2D eigenvalue weighted by molar-refractivity contribution is 8.00. The van der Waals surface area contributed by atoms with Crippen LogP contribution in [-0.2, 0) is 0 Å². The number of nitrogens with zero attached hydrogens (tertiary/aromatic N) is 2. The fourth-order valence-electron chi connectivity index (χ4n) is 11.2. The zero-order valence-electron chi connectivity index (χ0n) is 47.7. The molecule has 0 spiro atoms. The summed E-state index contributed by atoms with van der Waals surface area (Å²) in [5.41, 5.74) is 14.1. The summed E-state index contributed by atoms with van der Waals surface area (Å²) >= 11 is 3.55. The number of anilines is 6. The second kappa shape index (κ2) is 26.7. The largest absolute Gasteiger partial charge is 0.494 e. The second-order valence-corrected chi connectivity index (χ2v) is 23.8. The van der Waals surface area contributed by atoms with Gasteiger partial charge in [0.05, 0.1) is 49.2 Å². The first-order chi connectivity index (χ1) is 39.9. The molecule has 0 bridgehead atoms. The molecule has 0 unspecified atom stereocenters. The highest BCUT2D eigenvalue weighted by Crippen LogP contribution is 2.55. The van der Waals surface area contributed by atoms with Crippen molar-refractivity contribution >= 4 is 63.4 Å². The van der Waals surface area contributed by atoms with Crippen molar-refractivity contribution in [1.29, 1.82) is 0 Å². The number of carbonyl (C=O) groups excluding carboxylic acids is 1. The zero-order chi connectivity index (χ0) is 55.5. The van der Waals surface area contributed by atoms with Gasteiger partial charge in [-0.3, -0.25) is 4.79 Å². The predicted molar refractivity (Wildman–Crippen MR) is 338 cm³/mol. The van der Waals surface area contributed by atoms with E-state index >= 15 is 0 Å². The molecule has 11 rings (SSSR count). The van der Waals surface area contributed by atoms with Gasteiger partial charge in [0, 0.05) is 42.1 Å².